The van der Waals surface area contributed by atoms with Crippen molar-refractivity contribution < 1.29 is 46.4 Å². The fourth-order valence-corrected chi connectivity index (χ4v) is 3.49. The van der Waals surface area contributed by atoms with E-state index in [0.29, 0.717) is 0 Å². The van der Waals surface area contributed by atoms with E-state index < -0.39 is 0 Å². The molecule has 0 aliphatic carbocycles. The first-order valence-corrected chi connectivity index (χ1v) is 9.68. The normalized spacial score (nSPS) is 13.9. The molecule has 0 saturated carbocycles. The molecule has 0 atom stereocenters. The van der Waals surface area contributed by atoms with Crippen LogP contribution in [0.5, 0.6) is 0 Å². The molecule has 0 saturated heterocycles. The molecule has 0 amide bonds. The Kier molecular flexibility index (Phi) is 10.7. The summed E-state index contributed by atoms with van der Waals surface area (Å²) in [6.07, 6.45) is 0. The molecular formula is C22H30AuIN4-3. The summed E-state index contributed by atoms with van der Waals surface area (Å²) in [7, 11) is 0. The average molecular weight is 674 g/mol. The zero-order chi connectivity index (χ0) is 18.5. The fourth-order valence-electron chi connectivity index (χ4n) is 3.49. The molecule has 159 valence electrons. The number of benzene rings is 2. The smallest absolute Gasteiger partial charge is 0.0299 e. The summed E-state index contributed by atoms with van der Waals surface area (Å²) in [6.45, 7) is 17.2. The van der Waals surface area contributed by atoms with E-state index in [9.17, 15) is 0 Å². The number of para-hydroxylation sites is 4. The summed E-state index contributed by atoms with van der Waals surface area (Å²) in [5, 5.41) is 0. The van der Waals surface area contributed by atoms with Crippen molar-refractivity contribution in [2.24, 2.45) is 0 Å². The van der Waals surface area contributed by atoms with Gasteiger partial charge in [0, 0.05) is 45.1 Å². The van der Waals surface area contributed by atoms with Crippen LogP contribution < -0.4 is 43.6 Å². The van der Waals surface area contributed by atoms with Crippen LogP contribution in [0, 0.1) is 13.3 Å². The second-order valence-electron chi connectivity index (χ2n) is 6.35. The van der Waals surface area contributed by atoms with Crippen LogP contribution in [0.1, 0.15) is 27.7 Å². The first kappa shape index (κ1) is 25.1. The van der Waals surface area contributed by atoms with Gasteiger partial charge in [-0.05, 0) is 78.1 Å². The van der Waals surface area contributed by atoms with Gasteiger partial charge in [-0.2, -0.15) is 13.3 Å². The van der Waals surface area contributed by atoms with Gasteiger partial charge < -0.3 is 43.6 Å². The molecule has 0 N–H and O–H groups in total. The predicted octanol–water partition coefficient (Wildman–Crippen LogP) is 1.95. The molecule has 0 spiro atoms. The number of rotatable bonds is 4. The number of halogens is 1. The first-order valence-electron chi connectivity index (χ1n) is 9.68. The van der Waals surface area contributed by atoms with Crippen molar-refractivity contribution in [2.75, 3.05) is 45.8 Å². The quantitative estimate of drug-likeness (QED) is 0.280. The molecule has 28 heavy (non-hydrogen) atoms. The number of nitrogens with zero attached hydrogens (tertiary/aromatic N) is 4. The Labute approximate surface area is 203 Å². The molecule has 2 heterocycles. The van der Waals surface area contributed by atoms with Crippen molar-refractivity contribution in [3.63, 3.8) is 0 Å². The fraction of sp³-hybridized carbons (Fsp3) is 0.364. The minimum Gasteiger partial charge on any atom is -1.00 e. The summed E-state index contributed by atoms with van der Waals surface area (Å²) in [5.41, 5.74) is 5.30. The van der Waals surface area contributed by atoms with Gasteiger partial charge in [0.2, 0.25) is 0 Å². The van der Waals surface area contributed by atoms with Crippen LogP contribution in [0.4, 0.5) is 22.7 Å². The Morgan fingerprint density at radius 3 is 0.929 bits per heavy atom. The van der Waals surface area contributed by atoms with Gasteiger partial charge in [-0.25, -0.2) is 0 Å². The van der Waals surface area contributed by atoms with Crippen molar-refractivity contribution in [3.05, 3.63) is 61.9 Å². The first-order chi connectivity index (χ1) is 12.7. The maximum atomic E-state index is 2.28. The molecule has 0 unspecified atom stereocenters. The molecule has 4 rings (SSSR count). The molecule has 0 fully saturated rings. The Morgan fingerprint density at radius 2 is 0.750 bits per heavy atom. The van der Waals surface area contributed by atoms with Gasteiger partial charge >= 0.3 is 0 Å². The van der Waals surface area contributed by atoms with E-state index in [4.69, 9.17) is 0 Å². The summed E-state index contributed by atoms with van der Waals surface area (Å²) in [4.78, 5) is 9.11. The van der Waals surface area contributed by atoms with Crippen LogP contribution >= 0.6 is 0 Å². The van der Waals surface area contributed by atoms with Crippen LogP contribution in [-0.4, -0.2) is 26.2 Å². The van der Waals surface area contributed by atoms with Crippen LogP contribution in [-0.2, 0) is 22.4 Å². The number of anilines is 4. The van der Waals surface area contributed by atoms with E-state index in [1.807, 2.05) is 0 Å². The minimum atomic E-state index is 0. The third-order valence-corrected chi connectivity index (χ3v) is 4.92. The molecule has 0 aromatic heterocycles. The molecule has 4 nitrogen and oxygen atoms in total. The van der Waals surface area contributed by atoms with Crippen molar-refractivity contribution in [1.82, 2.24) is 0 Å². The van der Waals surface area contributed by atoms with E-state index in [0.717, 1.165) is 26.2 Å². The van der Waals surface area contributed by atoms with Gasteiger partial charge in [0.05, 0.1) is 0 Å². The maximum absolute atomic E-state index is 2.28. The SMILES string of the molecule is CCN1[CH-]N(CC)c2ccccc21.CCN1[CH-]N(CC)c2ccccc21.[Au].[I-]. The van der Waals surface area contributed by atoms with E-state index in [1.165, 1.54) is 22.7 Å². The van der Waals surface area contributed by atoms with Crippen LogP contribution in [0.2, 0.25) is 0 Å². The Morgan fingerprint density at radius 1 is 0.536 bits per heavy atom. The van der Waals surface area contributed by atoms with Crippen LogP contribution in [0.25, 0.3) is 0 Å². The maximum Gasteiger partial charge on any atom is 0.0299 e. The third-order valence-electron chi connectivity index (χ3n) is 4.92. The van der Waals surface area contributed by atoms with Gasteiger partial charge in [0.15, 0.2) is 0 Å². The topological polar surface area (TPSA) is 13.0 Å². The molecule has 2 aliphatic heterocycles. The van der Waals surface area contributed by atoms with Crippen molar-refractivity contribution in [2.45, 2.75) is 27.7 Å². The van der Waals surface area contributed by atoms with Gasteiger partial charge in [-0.15, -0.1) is 0 Å². The standard InChI is InChI=1S/2C11H15N2.Au.HI/c2*1-3-12-9-13(4-2)11-8-6-5-7-10(11)12;;/h2*5-9H,3-4H2,1-2H3;;1H/q2*-1;;/p-1. The molecule has 1 radical (unpaired) electrons. The number of hydrogen-bond donors (Lipinski definition) is 0. The summed E-state index contributed by atoms with van der Waals surface area (Å²) in [6, 6.07) is 17.1. The summed E-state index contributed by atoms with van der Waals surface area (Å²) >= 11 is 0. The van der Waals surface area contributed by atoms with Gasteiger partial charge in [0.25, 0.3) is 0 Å². The van der Waals surface area contributed by atoms with E-state index >= 15 is 0 Å². The van der Waals surface area contributed by atoms with E-state index in [-0.39, 0.29) is 46.4 Å². The zero-order valence-corrected chi connectivity index (χ0v) is 21.4. The van der Waals surface area contributed by atoms with Gasteiger partial charge in [-0.3, -0.25) is 0 Å². The summed E-state index contributed by atoms with van der Waals surface area (Å²) in [5.74, 6) is 0. The molecular weight excluding hydrogens is 644 g/mol. The van der Waals surface area contributed by atoms with Gasteiger partial charge in [-0.1, -0.05) is 24.3 Å². The Bertz CT molecular complexity index is 608. The minimum absolute atomic E-state index is 0. The predicted molar refractivity (Wildman–Crippen MR) is 114 cm³/mol. The molecule has 2 aromatic rings. The van der Waals surface area contributed by atoms with E-state index in [1.54, 1.807) is 0 Å². The number of hydrogen-bond acceptors (Lipinski definition) is 4. The average Bonchev–Trinajstić information content (AvgIpc) is 3.26. The van der Waals surface area contributed by atoms with Crippen molar-refractivity contribution in [3.8, 4) is 0 Å². The second-order valence-corrected chi connectivity index (χ2v) is 6.35. The van der Waals surface area contributed by atoms with Gasteiger partial charge in [0.1, 0.15) is 0 Å². The molecule has 2 aliphatic rings. The van der Waals surface area contributed by atoms with Crippen molar-refractivity contribution in [1.29, 1.82) is 0 Å². The Balaban J connectivity index is 0.000000261. The largest absolute Gasteiger partial charge is 1.00 e. The van der Waals surface area contributed by atoms with E-state index in [2.05, 4.69) is 109 Å². The van der Waals surface area contributed by atoms with Crippen LogP contribution in [0.15, 0.2) is 48.5 Å². The third kappa shape index (κ3) is 5.17. The number of fused-ring (bicyclic) bond motifs is 2. The molecule has 0 bridgehead atoms. The Hall–Kier alpha value is -0.890. The van der Waals surface area contributed by atoms with Crippen molar-refractivity contribution >= 4 is 22.7 Å². The second kappa shape index (κ2) is 12.0. The molecule has 2 aromatic carbocycles. The monoisotopic (exact) mass is 674 g/mol. The van der Waals surface area contributed by atoms with Crippen LogP contribution in [0.3, 0.4) is 0 Å². The zero-order valence-electron chi connectivity index (χ0n) is 17.1. The molecule has 6 heteroatoms. The summed E-state index contributed by atoms with van der Waals surface area (Å²) < 4.78 is 0.